The Bertz CT molecular complexity index is 1070. The largest absolute Gasteiger partial charge is 0.494 e. The highest BCUT2D eigenvalue weighted by atomic mass is 32.2. The van der Waals surface area contributed by atoms with Crippen molar-refractivity contribution in [1.82, 2.24) is 4.31 Å². The number of sulfonamides is 1. The number of nitrogens with one attached hydrogen (secondary N) is 1. The Morgan fingerprint density at radius 3 is 2.35 bits per heavy atom. The number of ether oxygens (including phenoxy) is 1. The zero-order chi connectivity index (χ0) is 22.8. The molecule has 1 saturated heterocycles. The number of anilines is 1. The van der Waals surface area contributed by atoms with Gasteiger partial charge in [0.2, 0.25) is 15.9 Å². The van der Waals surface area contributed by atoms with Crippen molar-refractivity contribution in [1.29, 1.82) is 0 Å². The molecule has 2 aromatic rings. The first-order valence-electron chi connectivity index (χ1n) is 9.35. The van der Waals surface area contributed by atoms with Gasteiger partial charge in [-0.25, -0.2) is 12.8 Å². The van der Waals surface area contributed by atoms with Gasteiger partial charge in [0.1, 0.15) is 0 Å². The normalized spacial score (nSPS) is 16.2. The van der Waals surface area contributed by atoms with Gasteiger partial charge < -0.3 is 10.1 Å². The molecular weight excluding hydrogens is 440 g/mol. The molecule has 1 heterocycles. The van der Waals surface area contributed by atoms with E-state index in [1.54, 1.807) is 0 Å². The van der Waals surface area contributed by atoms with E-state index in [0.29, 0.717) is 0 Å². The molecule has 1 N–H and O–H groups in total. The number of halogens is 4. The number of amides is 1. The summed E-state index contributed by atoms with van der Waals surface area (Å²) in [6.45, 7) is -0.215. The van der Waals surface area contributed by atoms with E-state index in [9.17, 15) is 30.8 Å². The zero-order valence-electron chi connectivity index (χ0n) is 16.4. The average Bonchev–Trinajstić information content (AvgIpc) is 2.73. The summed E-state index contributed by atoms with van der Waals surface area (Å²) in [7, 11) is -3.07. The molecule has 6 nitrogen and oxygen atoms in total. The molecule has 0 spiro atoms. The van der Waals surface area contributed by atoms with Gasteiger partial charge in [0, 0.05) is 30.8 Å². The third-order valence-electron chi connectivity index (χ3n) is 5.05. The smallest absolute Gasteiger partial charge is 0.417 e. The highest BCUT2D eigenvalue weighted by molar-refractivity contribution is 7.89. The molecule has 0 bridgehead atoms. The summed E-state index contributed by atoms with van der Waals surface area (Å²) in [4.78, 5) is 11.7. The SMILES string of the molecule is COc1ccc(NC(=O)C2CCN(S(=O)(=O)c3ccccc3C(F)(F)F)CC2)cc1F. The van der Waals surface area contributed by atoms with E-state index in [4.69, 9.17) is 4.74 Å². The van der Waals surface area contributed by atoms with Gasteiger partial charge in [0.05, 0.1) is 17.6 Å². The minimum Gasteiger partial charge on any atom is -0.494 e. The molecule has 3 rings (SSSR count). The minimum atomic E-state index is -4.81. The molecule has 0 saturated carbocycles. The van der Waals surface area contributed by atoms with E-state index >= 15 is 0 Å². The lowest BCUT2D eigenvalue weighted by molar-refractivity contribution is -0.139. The Labute approximate surface area is 176 Å². The number of hydrogen-bond acceptors (Lipinski definition) is 4. The van der Waals surface area contributed by atoms with Gasteiger partial charge in [-0.2, -0.15) is 17.5 Å². The third-order valence-corrected chi connectivity index (χ3v) is 7.01. The fourth-order valence-electron chi connectivity index (χ4n) is 3.41. The van der Waals surface area contributed by atoms with Gasteiger partial charge in [-0.1, -0.05) is 12.1 Å². The number of benzene rings is 2. The Kier molecular flexibility index (Phi) is 6.56. The van der Waals surface area contributed by atoms with Crippen molar-refractivity contribution >= 4 is 21.6 Å². The molecule has 2 aromatic carbocycles. The first-order chi connectivity index (χ1) is 14.5. The minimum absolute atomic E-state index is 0.0238. The molecular formula is C20H20F4N2O4S. The molecule has 1 aliphatic rings. The first-order valence-corrected chi connectivity index (χ1v) is 10.8. The predicted molar refractivity (Wildman–Crippen MR) is 105 cm³/mol. The Hall–Kier alpha value is -2.66. The van der Waals surface area contributed by atoms with E-state index in [2.05, 4.69) is 5.32 Å². The van der Waals surface area contributed by atoms with Crippen molar-refractivity contribution in [2.24, 2.45) is 5.92 Å². The van der Waals surface area contributed by atoms with Crippen LogP contribution in [0, 0.1) is 11.7 Å². The van der Waals surface area contributed by atoms with Gasteiger partial charge in [-0.3, -0.25) is 4.79 Å². The molecule has 1 aliphatic heterocycles. The molecule has 11 heteroatoms. The Morgan fingerprint density at radius 2 is 1.77 bits per heavy atom. The van der Waals surface area contributed by atoms with Crippen LogP contribution in [0.3, 0.4) is 0 Å². The van der Waals surface area contributed by atoms with Crippen LogP contribution in [0.5, 0.6) is 5.75 Å². The van der Waals surface area contributed by atoms with Crippen LogP contribution in [-0.2, 0) is 21.0 Å². The monoisotopic (exact) mass is 460 g/mol. The average molecular weight is 460 g/mol. The second-order valence-corrected chi connectivity index (χ2v) is 8.92. The summed E-state index contributed by atoms with van der Waals surface area (Å²) in [5.74, 6) is -1.60. The van der Waals surface area contributed by atoms with Crippen LogP contribution in [0.15, 0.2) is 47.4 Å². The van der Waals surface area contributed by atoms with Crippen LogP contribution in [0.2, 0.25) is 0 Å². The van der Waals surface area contributed by atoms with Gasteiger partial charge in [0.15, 0.2) is 11.6 Å². The van der Waals surface area contributed by atoms with Gasteiger partial charge in [-0.15, -0.1) is 0 Å². The van der Waals surface area contributed by atoms with Crippen LogP contribution >= 0.6 is 0 Å². The van der Waals surface area contributed by atoms with Crippen molar-refractivity contribution in [3.8, 4) is 5.75 Å². The maximum absolute atomic E-state index is 13.8. The predicted octanol–water partition coefficient (Wildman–Crippen LogP) is 3.89. The highest BCUT2D eigenvalue weighted by Crippen LogP contribution is 2.36. The fraction of sp³-hybridized carbons (Fsp3) is 0.350. The van der Waals surface area contributed by atoms with Crippen LogP contribution in [0.25, 0.3) is 0 Å². The van der Waals surface area contributed by atoms with Crippen molar-refractivity contribution in [3.05, 3.63) is 53.8 Å². The lowest BCUT2D eigenvalue weighted by Gasteiger charge is -2.31. The quantitative estimate of drug-likeness (QED) is 0.687. The first kappa shape index (κ1) is 23.0. The van der Waals surface area contributed by atoms with E-state index < -0.39 is 44.3 Å². The summed E-state index contributed by atoms with van der Waals surface area (Å²) < 4.78 is 84.8. The standard InChI is InChI=1S/C20H20F4N2O4S/c1-30-17-7-6-14(12-16(17)21)25-19(27)13-8-10-26(11-9-13)31(28,29)18-5-3-2-4-15(18)20(22,23)24/h2-7,12-13H,8-11H2,1H3,(H,25,27). The highest BCUT2D eigenvalue weighted by Gasteiger charge is 2.40. The molecule has 168 valence electrons. The molecule has 0 atom stereocenters. The number of alkyl halides is 3. The number of carbonyl (C=O) groups excluding carboxylic acids is 1. The van der Waals surface area contributed by atoms with Crippen LogP contribution in [0.1, 0.15) is 18.4 Å². The number of nitrogens with zero attached hydrogens (tertiary/aromatic N) is 1. The van der Waals surface area contributed by atoms with E-state index in [0.717, 1.165) is 28.6 Å². The second kappa shape index (κ2) is 8.83. The van der Waals surface area contributed by atoms with Crippen molar-refractivity contribution < 1.29 is 35.5 Å². The van der Waals surface area contributed by atoms with Gasteiger partial charge in [0.25, 0.3) is 0 Å². The molecule has 0 unspecified atom stereocenters. The number of hydrogen-bond donors (Lipinski definition) is 1. The van der Waals surface area contributed by atoms with Crippen molar-refractivity contribution in [2.45, 2.75) is 23.9 Å². The number of methoxy groups -OCH3 is 1. The molecule has 0 aromatic heterocycles. The topological polar surface area (TPSA) is 75.7 Å². The third kappa shape index (κ3) is 4.99. The zero-order valence-corrected chi connectivity index (χ0v) is 17.3. The van der Waals surface area contributed by atoms with Crippen LogP contribution in [0.4, 0.5) is 23.2 Å². The van der Waals surface area contributed by atoms with Crippen LogP contribution < -0.4 is 10.1 Å². The summed E-state index contributed by atoms with van der Waals surface area (Å²) in [5.41, 5.74) is -1.01. The van der Waals surface area contributed by atoms with Gasteiger partial charge >= 0.3 is 6.18 Å². The molecule has 0 radical (unpaired) electrons. The van der Waals surface area contributed by atoms with Gasteiger partial charge in [-0.05, 0) is 37.1 Å². The molecule has 1 fully saturated rings. The number of rotatable bonds is 5. The fourth-order valence-corrected chi connectivity index (χ4v) is 5.09. The summed E-state index contributed by atoms with van der Waals surface area (Å²) >= 11 is 0. The molecule has 0 aliphatic carbocycles. The molecule has 1 amide bonds. The van der Waals surface area contributed by atoms with Crippen molar-refractivity contribution in [2.75, 3.05) is 25.5 Å². The summed E-state index contributed by atoms with van der Waals surface area (Å²) in [6, 6.07) is 7.93. The van der Waals surface area contributed by atoms with Crippen LogP contribution in [-0.4, -0.2) is 38.8 Å². The second-order valence-electron chi connectivity index (χ2n) is 7.01. The lowest BCUT2D eigenvalue weighted by Crippen LogP contribution is -2.41. The van der Waals surface area contributed by atoms with E-state index in [1.807, 2.05) is 0 Å². The number of piperidine rings is 1. The molecule has 31 heavy (non-hydrogen) atoms. The maximum Gasteiger partial charge on any atom is 0.417 e. The van der Waals surface area contributed by atoms with E-state index in [1.165, 1.54) is 25.3 Å². The summed E-state index contributed by atoms with van der Waals surface area (Å²) in [5, 5.41) is 2.57. The Balaban J connectivity index is 1.68. The lowest BCUT2D eigenvalue weighted by atomic mass is 9.97. The number of carbonyl (C=O) groups is 1. The van der Waals surface area contributed by atoms with E-state index in [-0.39, 0.29) is 37.4 Å². The van der Waals surface area contributed by atoms with Crippen molar-refractivity contribution in [3.63, 3.8) is 0 Å². The Morgan fingerprint density at radius 1 is 1.13 bits per heavy atom. The maximum atomic E-state index is 13.8. The summed E-state index contributed by atoms with van der Waals surface area (Å²) in [6.07, 6.45) is -4.56.